The molecule has 0 spiro atoms. The summed E-state index contributed by atoms with van der Waals surface area (Å²) >= 11 is 10.4. The van der Waals surface area contributed by atoms with Gasteiger partial charge in [0, 0.05) is 17.2 Å². The molecule has 7 heteroatoms. The van der Waals surface area contributed by atoms with Crippen LogP contribution in [-0.2, 0) is 0 Å². The van der Waals surface area contributed by atoms with Crippen LogP contribution in [0.3, 0.4) is 0 Å². The predicted molar refractivity (Wildman–Crippen MR) is 108 cm³/mol. The van der Waals surface area contributed by atoms with Crippen molar-refractivity contribution in [3.8, 4) is 5.69 Å². The van der Waals surface area contributed by atoms with Gasteiger partial charge in [-0.15, -0.1) is 12.6 Å². The molecule has 3 rings (SSSR count). The van der Waals surface area contributed by atoms with E-state index in [0.717, 1.165) is 11.4 Å². The number of thiocarbonyl (C=S) groups is 1. The fourth-order valence-corrected chi connectivity index (χ4v) is 3.19. The van der Waals surface area contributed by atoms with E-state index >= 15 is 0 Å². The topological polar surface area (TPSA) is 42.2 Å². The number of anilines is 2. The Morgan fingerprint density at radius 1 is 1.08 bits per heavy atom. The van der Waals surface area contributed by atoms with Crippen molar-refractivity contribution in [2.75, 3.05) is 5.32 Å². The second-order valence-corrected chi connectivity index (χ2v) is 7.19. The molecule has 0 saturated carbocycles. The fourth-order valence-electron chi connectivity index (χ4n) is 2.18. The minimum Gasteiger partial charge on any atom is -0.325 e. The summed E-state index contributed by atoms with van der Waals surface area (Å²) in [5.41, 5.74) is 4.33. The second kappa shape index (κ2) is 7.29. The van der Waals surface area contributed by atoms with Crippen molar-refractivity contribution >= 4 is 52.3 Å². The molecule has 122 valence electrons. The highest BCUT2D eigenvalue weighted by atomic mass is 32.1. The van der Waals surface area contributed by atoms with Gasteiger partial charge in [0.25, 0.3) is 0 Å². The van der Waals surface area contributed by atoms with Gasteiger partial charge in [0.15, 0.2) is 4.32 Å². The van der Waals surface area contributed by atoms with Crippen LogP contribution in [0.1, 0.15) is 11.1 Å². The third-order valence-corrected chi connectivity index (χ3v) is 4.30. The van der Waals surface area contributed by atoms with E-state index in [1.807, 2.05) is 28.8 Å². The van der Waals surface area contributed by atoms with E-state index in [0.29, 0.717) is 10.7 Å². The molecule has 0 atom stereocenters. The monoisotopic (exact) mass is 372 g/mol. The number of hydrogen-bond donors (Lipinski definition) is 2. The molecule has 3 aromatic rings. The average Bonchev–Trinajstić information content (AvgIpc) is 2.92. The molecule has 0 radical (unpaired) electrons. The van der Waals surface area contributed by atoms with Crippen molar-refractivity contribution in [3.63, 3.8) is 0 Å². The number of benzene rings is 2. The lowest BCUT2D eigenvalue weighted by Gasteiger charge is -2.10. The number of nitrogens with one attached hydrogen (secondary N) is 1. The molecule has 0 aliphatic carbocycles. The van der Waals surface area contributed by atoms with Crippen LogP contribution >= 0.6 is 36.4 Å². The molecule has 0 bridgehead atoms. The van der Waals surface area contributed by atoms with Crippen LogP contribution in [0.15, 0.2) is 53.5 Å². The van der Waals surface area contributed by atoms with Crippen LogP contribution in [0.4, 0.5) is 11.6 Å². The van der Waals surface area contributed by atoms with Gasteiger partial charge >= 0.3 is 0 Å². The zero-order valence-corrected chi connectivity index (χ0v) is 15.8. The quantitative estimate of drug-likeness (QED) is 0.529. The van der Waals surface area contributed by atoms with E-state index in [1.54, 1.807) is 0 Å². The Bertz CT molecular complexity index is 922. The number of aromatic nitrogens is 2. The SMILES string of the molecule is Cc1ccc(Nc2ns/c(=N\C(=S)S)n2-c2ccc(C)cc2)cc1. The maximum absolute atomic E-state index is 5.00. The van der Waals surface area contributed by atoms with E-state index in [9.17, 15) is 0 Å². The first-order valence-corrected chi connectivity index (χ1v) is 8.93. The van der Waals surface area contributed by atoms with Crippen molar-refractivity contribution in [2.45, 2.75) is 13.8 Å². The lowest BCUT2D eigenvalue weighted by molar-refractivity contribution is 1.00. The minimum absolute atomic E-state index is 0.279. The third kappa shape index (κ3) is 3.92. The smallest absolute Gasteiger partial charge is 0.225 e. The number of aryl methyl sites for hydroxylation is 2. The molecule has 2 aromatic carbocycles. The highest BCUT2D eigenvalue weighted by molar-refractivity contribution is 8.11. The lowest BCUT2D eigenvalue weighted by atomic mass is 10.2. The van der Waals surface area contributed by atoms with Crippen LogP contribution in [-0.4, -0.2) is 13.3 Å². The van der Waals surface area contributed by atoms with Crippen LogP contribution in [0.5, 0.6) is 0 Å². The summed E-state index contributed by atoms with van der Waals surface area (Å²) in [6, 6.07) is 16.3. The number of rotatable bonds is 3. The van der Waals surface area contributed by atoms with Crippen LogP contribution in [0.2, 0.25) is 0 Å². The fraction of sp³-hybridized carbons (Fsp3) is 0.118. The molecule has 1 heterocycles. The summed E-state index contributed by atoms with van der Waals surface area (Å²) in [4.78, 5) is 4.98. The Kier molecular flexibility index (Phi) is 5.13. The van der Waals surface area contributed by atoms with Crippen molar-refractivity contribution < 1.29 is 0 Å². The van der Waals surface area contributed by atoms with Crippen LogP contribution < -0.4 is 10.1 Å². The molecule has 4 nitrogen and oxygen atoms in total. The Labute approximate surface area is 155 Å². The van der Waals surface area contributed by atoms with Gasteiger partial charge in [0.1, 0.15) is 0 Å². The molecular formula is C17H16N4S3. The van der Waals surface area contributed by atoms with E-state index < -0.39 is 0 Å². The maximum atomic E-state index is 5.00. The first-order chi connectivity index (χ1) is 11.5. The van der Waals surface area contributed by atoms with Gasteiger partial charge in [0.05, 0.1) is 5.69 Å². The molecular weight excluding hydrogens is 356 g/mol. The number of thiol groups is 1. The van der Waals surface area contributed by atoms with E-state index in [-0.39, 0.29) is 4.32 Å². The van der Waals surface area contributed by atoms with Gasteiger partial charge in [-0.3, -0.25) is 4.57 Å². The van der Waals surface area contributed by atoms with Gasteiger partial charge in [-0.05, 0) is 38.1 Å². The summed E-state index contributed by atoms with van der Waals surface area (Å²) in [5, 5.41) is 3.34. The molecule has 24 heavy (non-hydrogen) atoms. The standard InChI is InChI=1S/C17H16N4S3/c1-11-3-7-13(8-4-11)18-15-20-24-16(19-17(22)23)21(15)14-9-5-12(2)6-10-14/h3-10H,1-2H3,(H,18,20)(H,22,23)/b19-16-. The third-order valence-electron chi connectivity index (χ3n) is 3.41. The van der Waals surface area contributed by atoms with Crippen LogP contribution in [0, 0.1) is 13.8 Å². The lowest BCUT2D eigenvalue weighted by Crippen LogP contribution is -2.16. The summed E-state index contributed by atoms with van der Waals surface area (Å²) in [6.07, 6.45) is 0. The summed E-state index contributed by atoms with van der Waals surface area (Å²) in [5.74, 6) is 0.691. The molecule has 0 aliphatic rings. The Hall–Kier alpha value is -1.96. The van der Waals surface area contributed by atoms with E-state index in [4.69, 9.17) is 12.2 Å². The van der Waals surface area contributed by atoms with Gasteiger partial charge in [-0.25, -0.2) is 4.99 Å². The summed E-state index contributed by atoms with van der Waals surface area (Å²) in [6.45, 7) is 4.11. The molecule has 0 unspecified atom stereocenters. The van der Waals surface area contributed by atoms with E-state index in [1.165, 1.54) is 22.7 Å². The molecule has 1 aromatic heterocycles. The zero-order valence-electron chi connectivity index (χ0n) is 13.2. The van der Waals surface area contributed by atoms with E-state index in [2.05, 4.69) is 65.4 Å². The van der Waals surface area contributed by atoms with Gasteiger partial charge in [-0.2, -0.15) is 4.37 Å². The highest BCUT2D eigenvalue weighted by Crippen LogP contribution is 2.19. The average molecular weight is 373 g/mol. The molecule has 0 saturated heterocycles. The predicted octanol–water partition coefficient (Wildman–Crippen LogP) is 4.41. The normalized spacial score (nSPS) is 11.5. The van der Waals surface area contributed by atoms with Crippen molar-refractivity contribution in [1.29, 1.82) is 0 Å². The summed E-state index contributed by atoms with van der Waals surface area (Å²) in [7, 11) is 0. The first-order valence-electron chi connectivity index (χ1n) is 7.30. The number of nitrogens with zero attached hydrogens (tertiary/aromatic N) is 3. The van der Waals surface area contributed by atoms with Crippen molar-refractivity contribution in [3.05, 3.63) is 64.5 Å². The Morgan fingerprint density at radius 2 is 1.67 bits per heavy atom. The molecule has 0 aliphatic heterocycles. The number of hydrogen-bond acceptors (Lipinski definition) is 4. The van der Waals surface area contributed by atoms with Crippen molar-refractivity contribution in [1.82, 2.24) is 8.94 Å². The Morgan fingerprint density at radius 3 is 2.25 bits per heavy atom. The van der Waals surface area contributed by atoms with Crippen LogP contribution in [0.25, 0.3) is 5.69 Å². The maximum Gasteiger partial charge on any atom is 0.225 e. The largest absolute Gasteiger partial charge is 0.325 e. The zero-order chi connectivity index (χ0) is 17.1. The first kappa shape index (κ1) is 16.9. The minimum atomic E-state index is 0.279. The second-order valence-electron chi connectivity index (χ2n) is 5.35. The molecule has 1 N–H and O–H groups in total. The molecule has 0 amide bonds. The van der Waals surface area contributed by atoms with Gasteiger partial charge < -0.3 is 5.32 Å². The van der Waals surface area contributed by atoms with Gasteiger partial charge in [0.2, 0.25) is 10.7 Å². The highest BCUT2D eigenvalue weighted by Gasteiger charge is 2.10. The van der Waals surface area contributed by atoms with Gasteiger partial charge in [-0.1, -0.05) is 47.6 Å². The summed E-state index contributed by atoms with van der Waals surface area (Å²) < 4.78 is 6.71. The Balaban J connectivity index is 2.09. The van der Waals surface area contributed by atoms with Crippen molar-refractivity contribution in [2.24, 2.45) is 4.99 Å². The molecule has 0 fully saturated rings.